The van der Waals surface area contributed by atoms with Gasteiger partial charge in [0, 0.05) is 12.0 Å². The van der Waals surface area contributed by atoms with Crippen molar-refractivity contribution in [3.8, 4) is 0 Å². The van der Waals surface area contributed by atoms with Crippen LogP contribution in [0.4, 0.5) is 5.88 Å². The third-order valence-corrected chi connectivity index (χ3v) is 1.85. The third-order valence-electron chi connectivity index (χ3n) is 1.85. The molecule has 1 amide bonds. The molecule has 0 aliphatic heterocycles. The Labute approximate surface area is 77.3 Å². The maximum atomic E-state index is 11.4. The van der Waals surface area contributed by atoms with Crippen molar-refractivity contribution in [2.45, 2.75) is 26.7 Å². The van der Waals surface area contributed by atoms with Gasteiger partial charge in [-0.3, -0.25) is 10.1 Å². The molecule has 1 rings (SSSR count). The highest BCUT2D eigenvalue weighted by Gasteiger charge is 2.12. The van der Waals surface area contributed by atoms with Crippen molar-refractivity contribution in [3.63, 3.8) is 0 Å². The van der Waals surface area contributed by atoms with Crippen molar-refractivity contribution >= 4 is 11.8 Å². The second-order valence-corrected chi connectivity index (χ2v) is 3.06. The van der Waals surface area contributed by atoms with E-state index in [1.807, 2.05) is 6.92 Å². The van der Waals surface area contributed by atoms with E-state index in [9.17, 15) is 4.79 Å². The highest BCUT2D eigenvalue weighted by molar-refractivity contribution is 5.90. The van der Waals surface area contributed by atoms with E-state index in [4.69, 9.17) is 4.52 Å². The van der Waals surface area contributed by atoms with Gasteiger partial charge < -0.3 is 4.52 Å². The minimum atomic E-state index is -0.0152. The lowest BCUT2D eigenvalue weighted by Gasteiger charge is -2.07. The van der Waals surface area contributed by atoms with Crippen molar-refractivity contribution in [1.29, 1.82) is 0 Å². The fraction of sp³-hybridized carbons (Fsp3) is 0.556. The second-order valence-electron chi connectivity index (χ2n) is 3.06. The molecule has 0 saturated heterocycles. The molecule has 0 spiro atoms. The number of amides is 1. The Kier molecular flexibility index (Phi) is 3.49. The van der Waals surface area contributed by atoms with Crippen molar-refractivity contribution in [2.75, 3.05) is 5.32 Å². The van der Waals surface area contributed by atoms with Crippen molar-refractivity contribution in [2.24, 2.45) is 5.92 Å². The summed E-state index contributed by atoms with van der Waals surface area (Å²) >= 11 is 0. The lowest BCUT2D eigenvalue weighted by molar-refractivity contribution is -0.119. The van der Waals surface area contributed by atoms with Gasteiger partial charge >= 0.3 is 0 Å². The Morgan fingerprint density at radius 3 is 3.08 bits per heavy atom. The summed E-state index contributed by atoms with van der Waals surface area (Å²) < 4.78 is 4.75. The van der Waals surface area contributed by atoms with Gasteiger partial charge in [0.1, 0.15) is 0 Å². The standard InChI is InChI=1S/C9H14N2O2/c1-3-4-7(2)9(12)11-8-5-6-10-13-8/h5-7H,3-4H2,1-2H3,(H,11,12). The largest absolute Gasteiger partial charge is 0.338 e. The lowest BCUT2D eigenvalue weighted by atomic mass is 10.1. The molecule has 1 heterocycles. The minimum absolute atomic E-state index is 0.0152. The number of nitrogens with zero attached hydrogens (tertiary/aromatic N) is 1. The third kappa shape index (κ3) is 2.89. The summed E-state index contributed by atoms with van der Waals surface area (Å²) in [6, 6.07) is 1.62. The Hall–Kier alpha value is -1.32. The van der Waals surface area contributed by atoms with Crippen LogP contribution >= 0.6 is 0 Å². The van der Waals surface area contributed by atoms with Crippen LogP contribution in [0, 0.1) is 5.92 Å². The highest BCUT2D eigenvalue weighted by Crippen LogP contribution is 2.10. The first-order chi connectivity index (χ1) is 6.24. The van der Waals surface area contributed by atoms with E-state index in [1.165, 1.54) is 6.20 Å². The van der Waals surface area contributed by atoms with Crippen LogP contribution in [0.2, 0.25) is 0 Å². The van der Waals surface area contributed by atoms with Crippen LogP contribution < -0.4 is 5.32 Å². The Balaban J connectivity index is 2.41. The average molecular weight is 182 g/mol. The molecule has 72 valence electrons. The number of anilines is 1. The van der Waals surface area contributed by atoms with Gasteiger partial charge in [-0.05, 0) is 6.42 Å². The van der Waals surface area contributed by atoms with E-state index in [2.05, 4.69) is 17.4 Å². The molecule has 0 aliphatic rings. The van der Waals surface area contributed by atoms with Gasteiger partial charge in [-0.25, -0.2) is 0 Å². The predicted molar refractivity (Wildman–Crippen MR) is 49.2 cm³/mol. The number of carbonyl (C=O) groups is 1. The van der Waals surface area contributed by atoms with Crippen molar-refractivity contribution in [1.82, 2.24) is 5.16 Å². The monoisotopic (exact) mass is 182 g/mol. The van der Waals surface area contributed by atoms with E-state index in [0.717, 1.165) is 12.8 Å². The van der Waals surface area contributed by atoms with E-state index >= 15 is 0 Å². The van der Waals surface area contributed by atoms with Crippen LogP contribution in [0.5, 0.6) is 0 Å². The number of hydrogen-bond acceptors (Lipinski definition) is 3. The topological polar surface area (TPSA) is 55.1 Å². The molecule has 4 nitrogen and oxygen atoms in total. The summed E-state index contributed by atoms with van der Waals surface area (Å²) in [4.78, 5) is 11.4. The SMILES string of the molecule is CCCC(C)C(=O)Nc1ccno1. The van der Waals surface area contributed by atoms with Crippen LogP contribution in [-0.2, 0) is 4.79 Å². The molecular weight excluding hydrogens is 168 g/mol. The number of aromatic nitrogens is 1. The number of rotatable bonds is 4. The molecule has 0 radical (unpaired) electrons. The molecule has 0 fully saturated rings. The molecule has 0 aromatic carbocycles. The summed E-state index contributed by atoms with van der Waals surface area (Å²) in [6.45, 7) is 3.95. The quantitative estimate of drug-likeness (QED) is 0.775. The first-order valence-electron chi connectivity index (χ1n) is 4.45. The molecule has 0 saturated carbocycles. The highest BCUT2D eigenvalue weighted by atomic mass is 16.5. The zero-order valence-corrected chi connectivity index (χ0v) is 7.91. The Morgan fingerprint density at radius 2 is 2.54 bits per heavy atom. The van der Waals surface area contributed by atoms with Crippen LogP contribution in [-0.4, -0.2) is 11.1 Å². The van der Waals surface area contributed by atoms with E-state index in [1.54, 1.807) is 6.07 Å². The van der Waals surface area contributed by atoms with Crippen molar-refractivity contribution in [3.05, 3.63) is 12.3 Å². The summed E-state index contributed by atoms with van der Waals surface area (Å²) in [5.41, 5.74) is 0. The molecule has 1 aromatic rings. The van der Waals surface area contributed by atoms with Gasteiger partial charge in [-0.2, -0.15) is 0 Å². The van der Waals surface area contributed by atoms with Crippen LogP contribution in [0.15, 0.2) is 16.8 Å². The molecule has 1 aromatic heterocycles. The Bertz CT molecular complexity index is 257. The fourth-order valence-electron chi connectivity index (χ4n) is 1.09. The molecule has 13 heavy (non-hydrogen) atoms. The summed E-state index contributed by atoms with van der Waals surface area (Å²) in [5, 5.41) is 6.13. The zero-order valence-electron chi connectivity index (χ0n) is 7.91. The normalized spacial score (nSPS) is 12.5. The maximum absolute atomic E-state index is 11.4. The van der Waals surface area contributed by atoms with Gasteiger partial charge in [0.25, 0.3) is 0 Å². The molecule has 1 unspecified atom stereocenters. The fourth-order valence-corrected chi connectivity index (χ4v) is 1.09. The Morgan fingerprint density at radius 1 is 1.77 bits per heavy atom. The number of hydrogen-bond donors (Lipinski definition) is 1. The van der Waals surface area contributed by atoms with Gasteiger partial charge in [-0.15, -0.1) is 0 Å². The van der Waals surface area contributed by atoms with Crippen LogP contribution in [0.25, 0.3) is 0 Å². The van der Waals surface area contributed by atoms with Gasteiger partial charge in [0.2, 0.25) is 11.8 Å². The summed E-state index contributed by atoms with van der Waals surface area (Å²) in [7, 11) is 0. The molecule has 1 N–H and O–H groups in total. The number of carbonyl (C=O) groups excluding carboxylic acids is 1. The van der Waals surface area contributed by atoms with Crippen molar-refractivity contribution < 1.29 is 9.32 Å². The summed E-state index contributed by atoms with van der Waals surface area (Å²) in [5.74, 6) is 0.418. The van der Waals surface area contributed by atoms with E-state index in [0.29, 0.717) is 5.88 Å². The van der Waals surface area contributed by atoms with Gasteiger partial charge in [0.15, 0.2) is 0 Å². The number of nitrogens with one attached hydrogen (secondary N) is 1. The first-order valence-corrected chi connectivity index (χ1v) is 4.45. The second kappa shape index (κ2) is 4.64. The average Bonchev–Trinajstić information content (AvgIpc) is 2.57. The summed E-state index contributed by atoms with van der Waals surface area (Å²) in [6.07, 6.45) is 3.39. The lowest BCUT2D eigenvalue weighted by Crippen LogP contribution is -2.19. The molecular formula is C9H14N2O2. The molecule has 1 atom stereocenters. The van der Waals surface area contributed by atoms with Gasteiger partial charge in [-0.1, -0.05) is 25.4 Å². The van der Waals surface area contributed by atoms with Crippen LogP contribution in [0.3, 0.4) is 0 Å². The van der Waals surface area contributed by atoms with E-state index < -0.39 is 0 Å². The molecule has 0 aliphatic carbocycles. The zero-order chi connectivity index (χ0) is 9.68. The maximum Gasteiger partial charge on any atom is 0.231 e. The van der Waals surface area contributed by atoms with E-state index in [-0.39, 0.29) is 11.8 Å². The first kappa shape index (κ1) is 9.77. The van der Waals surface area contributed by atoms with Gasteiger partial charge in [0.05, 0.1) is 6.20 Å². The predicted octanol–water partition coefficient (Wildman–Crippen LogP) is 2.05. The minimum Gasteiger partial charge on any atom is -0.338 e. The molecule has 0 bridgehead atoms. The smallest absolute Gasteiger partial charge is 0.231 e. The van der Waals surface area contributed by atoms with Crippen LogP contribution in [0.1, 0.15) is 26.7 Å². The molecule has 4 heteroatoms.